The molecule has 0 radical (unpaired) electrons. The largest absolute Gasteiger partial charge is 0.422 e. The van der Waals surface area contributed by atoms with Crippen LogP contribution in [0, 0.1) is 0 Å². The van der Waals surface area contributed by atoms with Gasteiger partial charge in [0.25, 0.3) is 0 Å². The lowest BCUT2D eigenvalue weighted by atomic mass is 10.0. The smallest absolute Gasteiger partial charge is 0.344 e. The Labute approximate surface area is 132 Å². The van der Waals surface area contributed by atoms with Gasteiger partial charge in [0.05, 0.1) is 5.56 Å². The minimum Gasteiger partial charge on any atom is -0.422 e. The molecular formula is C19H11ClO2. The van der Waals surface area contributed by atoms with Crippen molar-refractivity contribution in [2.75, 3.05) is 0 Å². The molecule has 0 aliphatic carbocycles. The highest BCUT2D eigenvalue weighted by molar-refractivity contribution is 6.35. The molecule has 1 heterocycles. The second kappa shape index (κ2) is 5.00. The van der Waals surface area contributed by atoms with Crippen LogP contribution < -0.4 is 0 Å². The number of halogens is 1. The van der Waals surface area contributed by atoms with Gasteiger partial charge in [0.15, 0.2) is 0 Å². The zero-order chi connectivity index (χ0) is 15.1. The Hall–Kier alpha value is -2.58. The van der Waals surface area contributed by atoms with Crippen LogP contribution in [-0.2, 0) is 4.74 Å². The second-order valence-electron chi connectivity index (χ2n) is 5.13. The van der Waals surface area contributed by atoms with E-state index in [4.69, 9.17) is 16.3 Å². The molecule has 4 rings (SSSR count). The van der Waals surface area contributed by atoms with E-state index < -0.39 is 0 Å². The summed E-state index contributed by atoms with van der Waals surface area (Å²) >= 11 is 6.24. The van der Waals surface area contributed by atoms with Gasteiger partial charge in [-0.3, -0.25) is 0 Å². The third-order valence-corrected chi connectivity index (χ3v) is 4.14. The number of ether oxygens (including phenoxy) is 1. The summed E-state index contributed by atoms with van der Waals surface area (Å²) in [6, 6.07) is 19.1. The summed E-state index contributed by atoms with van der Waals surface area (Å²) in [6.07, 6.45) is 1.89. The van der Waals surface area contributed by atoms with Crippen LogP contribution in [0.4, 0.5) is 0 Å². The summed E-state index contributed by atoms with van der Waals surface area (Å²) in [5.74, 6) is 0.271. The molecule has 0 N–H and O–H groups in total. The topological polar surface area (TPSA) is 26.3 Å². The number of benzene rings is 3. The monoisotopic (exact) mass is 306 g/mol. The van der Waals surface area contributed by atoms with E-state index in [2.05, 4.69) is 0 Å². The van der Waals surface area contributed by atoms with Crippen molar-refractivity contribution >= 4 is 40.2 Å². The molecule has 0 aromatic heterocycles. The van der Waals surface area contributed by atoms with Gasteiger partial charge >= 0.3 is 5.97 Å². The lowest BCUT2D eigenvalue weighted by Gasteiger charge is -2.05. The Morgan fingerprint density at radius 2 is 1.50 bits per heavy atom. The maximum absolute atomic E-state index is 11.9. The van der Waals surface area contributed by atoms with Crippen LogP contribution in [0.2, 0.25) is 5.02 Å². The van der Waals surface area contributed by atoms with E-state index in [9.17, 15) is 4.79 Å². The fourth-order valence-corrected chi connectivity index (χ4v) is 2.97. The maximum Gasteiger partial charge on any atom is 0.344 e. The summed E-state index contributed by atoms with van der Waals surface area (Å²) in [4.78, 5) is 11.9. The highest BCUT2D eigenvalue weighted by Gasteiger charge is 2.25. The molecule has 22 heavy (non-hydrogen) atoms. The first kappa shape index (κ1) is 13.1. The number of rotatable bonds is 1. The molecule has 0 fully saturated rings. The van der Waals surface area contributed by atoms with Gasteiger partial charge in [-0.25, -0.2) is 4.79 Å². The summed E-state index contributed by atoms with van der Waals surface area (Å²) in [6.45, 7) is 0. The quantitative estimate of drug-likeness (QED) is 0.580. The van der Waals surface area contributed by atoms with E-state index in [0.717, 1.165) is 21.9 Å². The van der Waals surface area contributed by atoms with Crippen molar-refractivity contribution in [3.8, 4) is 0 Å². The van der Waals surface area contributed by atoms with Crippen molar-refractivity contribution in [1.82, 2.24) is 0 Å². The molecule has 0 bridgehead atoms. The molecule has 0 saturated carbocycles. The number of carbonyl (C=O) groups excluding carboxylic acids is 1. The van der Waals surface area contributed by atoms with E-state index in [1.807, 2.05) is 60.7 Å². The van der Waals surface area contributed by atoms with Crippen molar-refractivity contribution in [1.29, 1.82) is 0 Å². The maximum atomic E-state index is 11.9. The predicted octanol–water partition coefficient (Wildman–Crippen LogP) is 5.16. The fourth-order valence-electron chi connectivity index (χ4n) is 2.75. The Balaban J connectivity index is 1.92. The molecular weight excluding hydrogens is 296 g/mol. The van der Waals surface area contributed by atoms with Crippen molar-refractivity contribution in [2.45, 2.75) is 0 Å². The Bertz CT molecular complexity index is 941. The molecule has 0 amide bonds. The van der Waals surface area contributed by atoms with Crippen LogP contribution >= 0.6 is 11.6 Å². The molecule has 3 aromatic carbocycles. The third kappa shape index (κ3) is 2.00. The fraction of sp³-hybridized carbons (Fsp3) is 0. The Kier molecular flexibility index (Phi) is 2.98. The number of carbonyl (C=O) groups is 1. The van der Waals surface area contributed by atoms with Gasteiger partial charge in [-0.05, 0) is 29.2 Å². The lowest BCUT2D eigenvalue weighted by molar-refractivity contribution is 0.0717. The number of esters is 1. The Morgan fingerprint density at radius 3 is 2.32 bits per heavy atom. The third-order valence-electron chi connectivity index (χ3n) is 3.81. The molecule has 1 aliphatic rings. The minimum atomic E-state index is -0.305. The molecule has 0 spiro atoms. The molecule has 0 saturated heterocycles. The first-order valence-corrected chi connectivity index (χ1v) is 7.32. The minimum absolute atomic E-state index is 0.305. The summed E-state index contributed by atoms with van der Waals surface area (Å²) in [5, 5.41) is 2.72. The standard InChI is InChI=1S/C19H11ClO2/c20-17-10-9-12(13-5-1-2-6-14(13)17)11-18-15-7-3-4-8-16(15)19(21)22-18/h1-11H/b18-11-. The Morgan fingerprint density at radius 1 is 0.818 bits per heavy atom. The highest BCUT2D eigenvalue weighted by atomic mass is 35.5. The van der Waals surface area contributed by atoms with Crippen molar-refractivity contribution in [3.63, 3.8) is 0 Å². The van der Waals surface area contributed by atoms with Crippen LogP contribution in [0.15, 0.2) is 60.7 Å². The summed E-state index contributed by atoms with van der Waals surface area (Å²) in [7, 11) is 0. The average molecular weight is 307 g/mol. The van der Waals surface area contributed by atoms with Gasteiger partial charge in [-0.15, -0.1) is 0 Å². The van der Waals surface area contributed by atoms with E-state index in [0.29, 0.717) is 16.3 Å². The molecule has 106 valence electrons. The second-order valence-corrected chi connectivity index (χ2v) is 5.53. The molecule has 2 nitrogen and oxygen atoms in total. The van der Waals surface area contributed by atoms with Crippen molar-refractivity contribution in [3.05, 3.63) is 82.4 Å². The number of hydrogen-bond acceptors (Lipinski definition) is 2. The molecule has 0 atom stereocenters. The van der Waals surface area contributed by atoms with Gasteiger partial charge in [-0.1, -0.05) is 60.1 Å². The number of cyclic esters (lactones) is 1. The van der Waals surface area contributed by atoms with Crippen LogP contribution in [0.25, 0.3) is 22.6 Å². The molecule has 3 heteroatoms. The highest BCUT2D eigenvalue weighted by Crippen LogP contribution is 2.34. The van der Waals surface area contributed by atoms with E-state index in [-0.39, 0.29) is 5.97 Å². The van der Waals surface area contributed by atoms with E-state index in [1.54, 1.807) is 6.07 Å². The van der Waals surface area contributed by atoms with Gasteiger partial charge in [0.2, 0.25) is 0 Å². The first-order chi connectivity index (χ1) is 10.7. The average Bonchev–Trinajstić information content (AvgIpc) is 2.87. The van der Waals surface area contributed by atoms with Gasteiger partial charge in [0.1, 0.15) is 5.76 Å². The van der Waals surface area contributed by atoms with Crippen molar-refractivity contribution in [2.24, 2.45) is 0 Å². The zero-order valence-electron chi connectivity index (χ0n) is 11.5. The van der Waals surface area contributed by atoms with Gasteiger partial charge in [0, 0.05) is 16.0 Å². The molecule has 1 aliphatic heterocycles. The normalized spacial score (nSPS) is 15.1. The van der Waals surface area contributed by atoms with Crippen LogP contribution in [0.1, 0.15) is 21.5 Å². The van der Waals surface area contributed by atoms with Crippen molar-refractivity contribution < 1.29 is 9.53 Å². The first-order valence-electron chi connectivity index (χ1n) is 6.94. The number of fused-ring (bicyclic) bond motifs is 2. The van der Waals surface area contributed by atoms with Gasteiger partial charge < -0.3 is 4.74 Å². The zero-order valence-corrected chi connectivity index (χ0v) is 12.3. The van der Waals surface area contributed by atoms with Crippen LogP contribution in [0.5, 0.6) is 0 Å². The van der Waals surface area contributed by atoms with Gasteiger partial charge in [-0.2, -0.15) is 0 Å². The van der Waals surface area contributed by atoms with E-state index >= 15 is 0 Å². The molecule has 0 unspecified atom stereocenters. The molecule has 3 aromatic rings. The summed E-state index contributed by atoms with van der Waals surface area (Å²) in [5.41, 5.74) is 2.40. The van der Waals surface area contributed by atoms with Crippen LogP contribution in [0.3, 0.4) is 0 Å². The SMILES string of the molecule is O=C1O/C(=C\c2ccc(Cl)c3ccccc23)c2ccccc21. The predicted molar refractivity (Wildman–Crippen MR) is 88.7 cm³/mol. The van der Waals surface area contributed by atoms with E-state index in [1.165, 1.54) is 0 Å². The van der Waals surface area contributed by atoms with Crippen LogP contribution in [-0.4, -0.2) is 5.97 Å². The lowest BCUT2D eigenvalue weighted by Crippen LogP contribution is -1.92. The number of hydrogen-bond donors (Lipinski definition) is 0. The summed E-state index contributed by atoms with van der Waals surface area (Å²) < 4.78 is 5.40.